The highest BCUT2D eigenvalue weighted by atomic mass is 16.5. The SMILES string of the molecule is CCOc1cc(/C=C/C(=O)c2ccc(N3CCOCC3)cc2)ccc1OCC(=O)Nc1ccc(C)cc1. The highest BCUT2D eigenvalue weighted by Crippen LogP contribution is 2.29. The van der Waals surface area contributed by atoms with Crippen molar-refractivity contribution in [3.63, 3.8) is 0 Å². The number of ketones is 1. The van der Waals surface area contributed by atoms with E-state index in [9.17, 15) is 9.59 Å². The van der Waals surface area contributed by atoms with Gasteiger partial charge in [0.2, 0.25) is 0 Å². The number of nitrogens with one attached hydrogen (secondary N) is 1. The summed E-state index contributed by atoms with van der Waals surface area (Å²) in [6, 6.07) is 20.6. The Morgan fingerprint density at radius 2 is 1.68 bits per heavy atom. The van der Waals surface area contributed by atoms with E-state index in [1.54, 1.807) is 24.3 Å². The zero-order valence-corrected chi connectivity index (χ0v) is 21.2. The van der Waals surface area contributed by atoms with Crippen molar-refractivity contribution in [1.29, 1.82) is 0 Å². The quantitative estimate of drug-likeness (QED) is 0.307. The standard InChI is InChI=1S/C30H32N2O5/c1-3-36-29-20-23(7-15-28(29)37-21-30(34)31-25-10-4-22(2)5-11-25)6-14-27(33)24-8-12-26(13-9-24)32-16-18-35-19-17-32/h4-15,20H,3,16-19,21H2,1-2H3,(H,31,34)/b14-6+. The summed E-state index contributed by atoms with van der Waals surface area (Å²) in [6.45, 7) is 7.30. The molecule has 0 unspecified atom stereocenters. The zero-order valence-electron chi connectivity index (χ0n) is 21.2. The van der Waals surface area contributed by atoms with Gasteiger partial charge in [0.25, 0.3) is 5.91 Å². The molecule has 3 aromatic carbocycles. The van der Waals surface area contributed by atoms with Gasteiger partial charge < -0.3 is 24.4 Å². The van der Waals surface area contributed by atoms with Crippen LogP contribution in [-0.4, -0.2) is 51.2 Å². The van der Waals surface area contributed by atoms with Gasteiger partial charge in [0, 0.05) is 30.0 Å². The highest BCUT2D eigenvalue weighted by Gasteiger charge is 2.12. The molecule has 1 N–H and O–H groups in total. The van der Waals surface area contributed by atoms with E-state index in [1.165, 1.54) is 0 Å². The molecule has 0 spiro atoms. The molecule has 1 amide bonds. The fraction of sp³-hybridized carbons (Fsp3) is 0.267. The first-order valence-electron chi connectivity index (χ1n) is 12.4. The van der Waals surface area contributed by atoms with E-state index >= 15 is 0 Å². The van der Waals surface area contributed by atoms with Gasteiger partial charge in [-0.05, 0) is 74.0 Å². The Balaban J connectivity index is 1.36. The summed E-state index contributed by atoms with van der Waals surface area (Å²) in [4.78, 5) is 27.3. The van der Waals surface area contributed by atoms with E-state index in [0.717, 1.165) is 43.1 Å². The number of aryl methyl sites for hydroxylation is 1. The molecule has 0 saturated carbocycles. The zero-order chi connectivity index (χ0) is 26.0. The van der Waals surface area contributed by atoms with Gasteiger partial charge in [0.1, 0.15) is 0 Å². The topological polar surface area (TPSA) is 77.1 Å². The van der Waals surface area contributed by atoms with Gasteiger partial charge in [-0.15, -0.1) is 0 Å². The summed E-state index contributed by atoms with van der Waals surface area (Å²) in [6.07, 6.45) is 3.29. The number of morpholine rings is 1. The normalized spacial score (nSPS) is 13.4. The van der Waals surface area contributed by atoms with Gasteiger partial charge in [0.15, 0.2) is 23.9 Å². The van der Waals surface area contributed by atoms with Crippen LogP contribution in [-0.2, 0) is 9.53 Å². The fourth-order valence-electron chi connectivity index (χ4n) is 3.92. The average Bonchev–Trinajstić information content (AvgIpc) is 2.93. The first-order chi connectivity index (χ1) is 18.0. The molecular weight excluding hydrogens is 468 g/mol. The molecule has 0 atom stereocenters. The van der Waals surface area contributed by atoms with Crippen molar-refractivity contribution in [3.05, 3.63) is 89.5 Å². The Morgan fingerprint density at radius 1 is 0.946 bits per heavy atom. The maximum atomic E-state index is 12.7. The molecule has 0 aromatic heterocycles. The Hall–Kier alpha value is -4.10. The third-order valence-corrected chi connectivity index (χ3v) is 5.92. The summed E-state index contributed by atoms with van der Waals surface area (Å²) in [5, 5.41) is 2.81. The smallest absolute Gasteiger partial charge is 0.262 e. The summed E-state index contributed by atoms with van der Waals surface area (Å²) >= 11 is 0. The van der Waals surface area contributed by atoms with Crippen molar-refractivity contribution in [2.45, 2.75) is 13.8 Å². The molecule has 1 saturated heterocycles. The first kappa shape index (κ1) is 26.0. The van der Waals surface area contributed by atoms with Crippen molar-refractivity contribution in [2.24, 2.45) is 0 Å². The second kappa shape index (κ2) is 12.7. The molecule has 192 valence electrons. The lowest BCUT2D eigenvalue weighted by Gasteiger charge is -2.28. The van der Waals surface area contributed by atoms with Gasteiger partial charge in [-0.1, -0.05) is 29.8 Å². The number of carbonyl (C=O) groups excluding carboxylic acids is 2. The number of carbonyl (C=O) groups is 2. The summed E-state index contributed by atoms with van der Waals surface area (Å²) in [5.74, 6) is 0.623. The predicted octanol–water partition coefficient (Wildman–Crippen LogP) is 5.14. The van der Waals surface area contributed by atoms with E-state index in [1.807, 2.05) is 68.4 Å². The van der Waals surface area contributed by atoms with Gasteiger partial charge >= 0.3 is 0 Å². The molecule has 1 fully saturated rings. The van der Waals surface area contributed by atoms with Crippen LogP contribution in [0.4, 0.5) is 11.4 Å². The maximum Gasteiger partial charge on any atom is 0.262 e. The maximum absolute atomic E-state index is 12.7. The van der Waals surface area contributed by atoms with Crippen LogP contribution >= 0.6 is 0 Å². The molecule has 1 aliphatic rings. The van der Waals surface area contributed by atoms with Crippen molar-refractivity contribution in [3.8, 4) is 11.5 Å². The van der Waals surface area contributed by atoms with Crippen LogP contribution < -0.4 is 19.7 Å². The Bertz CT molecular complexity index is 1230. The van der Waals surface area contributed by atoms with Gasteiger partial charge in [0.05, 0.1) is 19.8 Å². The molecule has 7 nitrogen and oxygen atoms in total. The van der Waals surface area contributed by atoms with Gasteiger partial charge in [-0.3, -0.25) is 9.59 Å². The predicted molar refractivity (Wildman–Crippen MR) is 146 cm³/mol. The fourth-order valence-corrected chi connectivity index (χ4v) is 3.92. The minimum Gasteiger partial charge on any atom is -0.490 e. The number of ether oxygens (including phenoxy) is 3. The van der Waals surface area contributed by atoms with Crippen LogP contribution in [0.25, 0.3) is 6.08 Å². The Kier molecular flexibility index (Phi) is 8.94. The number of rotatable bonds is 10. The van der Waals surface area contributed by atoms with E-state index < -0.39 is 0 Å². The van der Waals surface area contributed by atoms with E-state index in [4.69, 9.17) is 14.2 Å². The van der Waals surface area contributed by atoms with E-state index in [0.29, 0.717) is 29.4 Å². The lowest BCUT2D eigenvalue weighted by atomic mass is 10.1. The number of benzene rings is 3. The number of amides is 1. The van der Waals surface area contributed by atoms with Crippen molar-refractivity contribution in [1.82, 2.24) is 0 Å². The van der Waals surface area contributed by atoms with Crippen LogP contribution in [0, 0.1) is 6.92 Å². The molecule has 0 radical (unpaired) electrons. The number of hydrogen-bond acceptors (Lipinski definition) is 6. The largest absolute Gasteiger partial charge is 0.490 e. The second-order valence-corrected chi connectivity index (χ2v) is 8.69. The lowest BCUT2D eigenvalue weighted by molar-refractivity contribution is -0.118. The summed E-state index contributed by atoms with van der Waals surface area (Å²) in [7, 11) is 0. The number of nitrogens with zero attached hydrogens (tertiary/aromatic N) is 1. The van der Waals surface area contributed by atoms with Crippen molar-refractivity contribution >= 4 is 29.1 Å². The first-order valence-corrected chi connectivity index (χ1v) is 12.4. The van der Waals surface area contributed by atoms with Crippen LogP contribution in [0.2, 0.25) is 0 Å². The van der Waals surface area contributed by atoms with Crippen molar-refractivity contribution < 1.29 is 23.8 Å². The minimum absolute atomic E-state index is 0.0837. The molecule has 4 rings (SSSR count). The van der Waals surface area contributed by atoms with E-state index in [2.05, 4.69) is 10.2 Å². The molecule has 7 heteroatoms. The number of allylic oxidation sites excluding steroid dienone is 1. The lowest BCUT2D eigenvalue weighted by Crippen LogP contribution is -2.36. The monoisotopic (exact) mass is 500 g/mol. The third-order valence-electron chi connectivity index (χ3n) is 5.92. The molecule has 3 aromatic rings. The number of anilines is 2. The van der Waals surface area contributed by atoms with Crippen LogP contribution in [0.3, 0.4) is 0 Å². The Labute approximate surface area is 217 Å². The molecule has 0 aliphatic carbocycles. The van der Waals surface area contributed by atoms with Crippen LogP contribution in [0.15, 0.2) is 72.8 Å². The molecular formula is C30H32N2O5. The Morgan fingerprint density at radius 3 is 2.38 bits per heavy atom. The third kappa shape index (κ3) is 7.44. The van der Waals surface area contributed by atoms with Crippen LogP contribution in [0.5, 0.6) is 11.5 Å². The highest BCUT2D eigenvalue weighted by molar-refractivity contribution is 6.07. The molecule has 37 heavy (non-hydrogen) atoms. The summed E-state index contributed by atoms with van der Waals surface area (Å²) in [5.41, 5.74) is 4.34. The molecule has 1 aliphatic heterocycles. The van der Waals surface area contributed by atoms with Gasteiger partial charge in [-0.2, -0.15) is 0 Å². The second-order valence-electron chi connectivity index (χ2n) is 8.69. The number of hydrogen-bond donors (Lipinski definition) is 1. The summed E-state index contributed by atoms with van der Waals surface area (Å²) < 4.78 is 16.8. The molecule has 0 bridgehead atoms. The van der Waals surface area contributed by atoms with Gasteiger partial charge in [-0.25, -0.2) is 0 Å². The van der Waals surface area contributed by atoms with E-state index in [-0.39, 0.29) is 18.3 Å². The molecule has 1 heterocycles. The average molecular weight is 501 g/mol. The van der Waals surface area contributed by atoms with Crippen LogP contribution in [0.1, 0.15) is 28.4 Å². The van der Waals surface area contributed by atoms with Crippen molar-refractivity contribution in [2.75, 3.05) is 49.7 Å². The minimum atomic E-state index is -0.263.